The molecule has 0 bridgehead atoms. The number of halogens is 1. The van der Waals surface area contributed by atoms with Crippen molar-refractivity contribution in [2.75, 3.05) is 0 Å². The molecular weight excluding hydrogens is 158 g/mol. The summed E-state index contributed by atoms with van der Waals surface area (Å²) in [5.41, 5.74) is 0. The Hall–Kier alpha value is 0.328. The van der Waals surface area contributed by atoms with E-state index in [0.29, 0.717) is 0 Å². The van der Waals surface area contributed by atoms with Crippen LogP contribution >= 0.6 is 9.95 Å². The molecule has 32 valence electrons. The Morgan fingerprint density at radius 2 is 1.67 bits per heavy atom. The van der Waals surface area contributed by atoms with E-state index in [0.717, 1.165) is 0 Å². The van der Waals surface area contributed by atoms with Crippen molar-refractivity contribution in [2.45, 2.75) is 0 Å². The maximum absolute atomic E-state index is 5.68. The SMILES string of the molecule is Cl[As]1C=CC=C1. The summed E-state index contributed by atoms with van der Waals surface area (Å²) < 4.78 is 0. The van der Waals surface area contributed by atoms with Crippen LogP contribution in [0.15, 0.2) is 21.9 Å². The molecule has 0 N–H and O–H groups in total. The normalized spacial score (nSPS) is 20.2. The molecule has 0 nitrogen and oxygen atoms in total. The second-order valence-electron chi connectivity index (χ2n) is 1.03. The van der Waals surface area contributed by atoms with Crippen molar-refractivity contribution in [3.63, 3.8) is 0 Å². The van der Waals surface area contributed by atoms with Gasteiger partial charge in [-0.05, 0) is 0 Å². The van der Waals surface area contributed by atoms with E-state index in [1.165, 1.54) is 0 Å². The third kappa shape index (κ3) is 0.893. The third-order valence-corrected chi connectivity index (χ3v) is 3.66. The van der Waals surface area contributed by atoms with E-state index in [9.17, 15) is 0 Å². The van der Waals surface area contributed by atoms with E-state index in [-0.39, 0.29) is 0 Å². The van der Waals surface area contributed by atoms with Crippen LogP contribution in [0.25, 0.3) is 0 Å². The van der Waals surface area contributed by atoms with Crippen molar-refractivity contribution >= 4 is 23.7 Å². The monoisotopic (exact) mass is 162 g/mol. The van der Waals surface area contributed by atoms with Crippen LogP contribution in [-0.2, 0) is 0 Å². The van der Waals surface area contributed by atoms with Gasteiger partial charge in [-0.2, -0.15) is 0 Å². The van der Waals surface area contributed by atoms with Crippen molar-refractivity contribution in [3.8, 4) is 0 Å². The molecule has 0 unspecified atom stereocenters. The van der Waals surface area contributed by atoms with Crippen molar-refractivity contribution in [1.29, 1.82) is 0 Å². The average molecular weight is 162 g/mol. The molecule has 2 heteroatoms. The van der Waals surface area contributed by atoms with E-state index in [2.05, 4.69) is 9.73 Å². The van der Waals surface area contributed by atoms with Crippen LogP contribution in [0.3, 0.4) is 0 Å². The quantitative estimate of drug-likeness (QED) is 0.473. The van der Waals surface area contributed by atoms with Crippen molar-refractivity contribution in [1.82, 2.24) is 0 Å². The van der Waals surface area contributed by atoms with Crippen LogP contribution in [0, 0.1) is 0 Å². The summed E-state index contributed by atoms with van der Waals surface area (Å²) in [6, 6.07) is 0. The van der Waals surface area contributed by atoms with Crippen LogP contribution in [0.1, 0.15) is 0 Å². The molecule has 0 aromatic heterocycles. The molecule has 1 aliphatic heterocycles. The number of hydrogen-bond acceptors (Lipinski definition) is 0. The van der Waals surface area contributed by atoms with Crippen LogP contribution in [0.5, 0.6) is 0 Å². The van der Waals surface area contributed by atoms with Gasteiger partial charge in [0.25, 0.3) is 0 Å². The predicted molar refractivity (Wildman–Crippen MR) is 29.9 cm³/mol. The minimum atomic E-state index is -0.993. The van der Waals surface area contributed by atoms with E-state index in [4.69, 9.17) is 9.95 Å². The van der Waals surface area contributed by atoms with E-state index < -0.39 is 13.7 Å². The Bertz CT molecular complexity index is 83.7. The predicted octanol–water partition coefficient (Wildman–Crippen LogP) is 1.42. The van der Waals surface area contributed by atoms with Gasteiger partial charge in [0, 0.05) is 0 Å². The summed E-state index contributed by atoms with van der Waals surface area (Å²) in [5.74, 6) is 0. The molecule has 0 saturated heterocycles. The van der Waals surface area contributed by atoms with Gasteiger partial charge in [-0.1, -0.05) is 0 Å². The molecule has 0 amide bonds. The Labute approximate surface area is 45.9 Å². The summed E-state index contributed by atoms with van der Waals surface area (Å²) in [6.07, 6.45) is 4.01. The number of hydrogen-bond donors (Lipinski definition) is 0. The van der Waals surface area contributed by atoms with Gasteiger partial charge in [0.1, 0.15) is 0 Å². The Kier molecular flexibility index (Phi) is 1.39. The Morgan fingerprint density at radius 3 is 1.83 bits per heavy atom. The molecule has 0 aromatic rings. The molecular formula is C4H4AsCl. The van der Waals surface area contributed by atoms with E-state index >= 15 is 0 Å². The molecule has 1 heterocycles. The molecule has 0 aliphatic carbocycles. The first kappa shape index (κ1) is 4.49. The second kappa shape index (κ2) is 1.86. The first-order valence-corrected chi connectivity index (χ1v) is 6.32. The first-order valence-electron chi connectivity index (χ1n) is 1.69. The summed E-state index contributed by atoms with van der Waals surface area (Å²) in [4.78, 5) is 4.16. The average Bonchev–Trinajstić information content (AvgIpc) is 1.86. The summed E-state index contributed by atoms with van der Waals surface area (Å²) in [6.45, 7) is 0. The van der Waals surface area contributed by atoms with Crippen LogP contribution in [-0.4, -0.2) is 13.7 Å². The summed E-state index contributed by atoms with van der Waals surface area (Å²) in [7, 11) is 5.68. The minimum absolute atomic E-state index is 0.993. The number of rotatable bonds is 0. The topological polar surface area (TPSA) is 0 Å². The van der Waals surface area contributed by atoms with E-state index in [1.54, 1.807) is 0 Å². The van der Waals surface area contributed by atoms with Gasteiger partial charge in [-0.15, -0.1) is 0 Å². The fourth-order valence-electron chi connectivity index (χ4n) is 0.314. The van der Waals surface area contributed by atoms with Crippen molar-refractivity contribution < 1.29 is 0 Å². The van der Waals surface area contributed by atoms with Crippen molar-refractivity contribution in [2.24, 2.45) is 0 Å². The van der Waals surface area contributed by atoms with Gasteiger partial charge >= 0.3 is 45.5 Å². The van der Waals surface area contributed by atoms with Gasteiger partial charge in [0.15, 0.2) is 0 Å². The molecule has 0 spiro atoms. The summed E-state index contributed by atoms with van der Waals surface area (Å²) in [5, 5.41) is 0. The van der Waals surface area contributed by atoms with Gasteiger partial charge in [0.05, 0.1) is 0 Å². The van der Waals surface area contributed by atoms with E-state index in [1.807, 2.05) is 12.2 Å². The van der Waals surface area contributed by atoms with Crippen molar-refractivity contribution in [3.05, 3.63) is 21.9 Å². The Morgan fingerprint density at radius 1 is 1.17 bits per heavy atom. The molecule has 0 aromatic carbocycles. The molecule has 1 aliphatic rings. The molecule has 6 heavy (non-hydrogen) atoms. The van der Waals surface area contributed by atoms with Gasteiger partial charge in [-0.25, -0.2) is 0 Å². The van der Waals surface area contributed by atoms with Crippen LogP contribution in [0.2, 0.25) is 0 Å². The number of allylic oxidation sites excluding steroid dienone is 2. The standard InChI is InChI=1S/C4H4AsCl/c6-5-3-1-2-4-5/h1-4H. The van der Waals surface area contributed by atoms with Gasteiger partial charge < -0.3 is 0 Å². The first-order chi connectivity index (χ1) is 2.89. The zero-order valence-corrected chi connectivity index (χ0v) is 5.77. The molecule has 0 fully saturated rings. The van der Waals surface area contributed by atoms with Crippen LogP contribution in [0.4, 0.5) is 0 Å². The summed E-state index contributed by atoms with van der Waals surface area (Å²) >= 11 is -0.993. The fourth-order valence-corrected chi connectivity index (χ4v) is 2.31. The van der Waals surface area contributed by atoms with Gasteiger partial charge in [0.2, 0.25) is 0 Å². The molecule has 0 saturated carbocycles. The third-order valence-electron chi connectivity index (χ3n) is 0.568. The molecule has 1 rings (SSSR count). The molecule has 0 atom stereocenters. The Balaban J connectivity index is 2.60. The second-order valence-corrected chi connectivity index (χ2v) is 5.75. The maximum atomic E-state index is 5.68. The fraction of sp³-hybridized carbons (Fsp3) is 0. The van der Waals surface area contributed by atoms with Gasteiger partial charge in [-0.3, -0.25) is 0 Å². The zero-order chi connectivity index (χ0) is 4.41. The zero-order valence-electron chi connectivity index (χ0n) is 3.13. The molecule has 0 radical (unpaired) electrons. The van der Waals surface area contributed by atoms with Crippen LogP contribution < -0.4 is 0 Å².